The van der Waals surface area contributed by atoms with Crippen LogP contribution in [-0.4, -0.2) is 34.9 Å². The van der Waals surface area contributed by atoms with E-state index in [1.807, 2.05) is 19.9 Å². The maximum absolute atomic E-state index is 12.9. The van der Waals surface area contributed by atoms with E-state index in [9.17, 15) is 19.5 Å². The Morgan fingerprint density at radius 1 is 1.28 bits per heavy atom. The smallest absolute Gasteiger partial charge is 0.303 e. The summed E-state index contributed by atoms with van der Waals surface area (Å²) in [7, 11) is 0. The largest absolute Gasteiger partial charge is 0.458 e. The van der Waals surface area contributed by atoms with E-state index >= 15 is 0 Å². The summed E-state index contributed by atoms with van der Waals surface area (Å²) in [6.45, 7) is 7.23. The van der Waals surface area contributed by atoms with E-state index in [1.54, 1.807) is 0 Å². The second kappa shape index (κ2) is 6.63. The molecular formula is C24H32O5. The molecule has 0 bridgehead atoms. The van der Waals surface area contributed by atoms with Crippen molar-refractivity contribution in [2.45, 2.75) is 71.8 Å². The fourth-order valence-electron chi connectivity index (χ4n) is 6.95. The second-order valence-electron chi connectivity index (χ2n) is 10.1. The summed E-state index contributed by atoms with van der Waals surface area (Å²) in [6, 6.07) is 0. The van der Waals surface area contributed by atoms with Gasteiger partial charge in [0.05, 0.1) is 0 Å². The van der Waals surface area contributed by atoms with Crippen molar-refractivity contribution in [3.05, 3.63) is 23.3 Å². The van der Waals surface area contributed by atoms with E-state index in [1.165, 1.54) is 18.1 Å². The third-order valence-corrected chi connectivity index (χ3v) is 8.67. The van der Waals surface area contributed by atoms with Gasteiger partial charge in [0, 0.05) is 23.7 Å². The highest BCUT2D eigenvalue weighted by Crippen LogP contribution is 2.65. The first-order valence-corrected chi connectivity index (χ1v) is 10.9. The summed E-state index contributed by atoms with van der Waals surface area (Å²) >= 11 is 0. The van der Waals surface area contributed by atoms with Gasteiger partial charge in [0.1, 0.15) is 5.60 Å². The number of esters is 1. The summed E-state index contributed by atoms with van der Waals surface area (Å²) in [5, 5.41) is 11.5. The average Bonchev–Trinajstić information content (AvgIpc) is 2.93. The van der Waals surface area contributed by atoms with Gasteiger partial charge in [0.15, 0.2) is 12.4 Å². The Bertz CT molecular complexity index is 838. The van der Waals surface area contributed by atoms with Crippen molar-refractivity contribution in [1.82, 2.24) is 0 Å². The van der Waals surface area contributed by atoms with E-state index in [0.29, 0.717) is 18.8 Å². The third kappa shape index (κ3) is 2.80. The van der Waals surface area contributed by atoms with Crippen LogP contribution in [0.15, 0.2) is 23.3 Å². The minimum Gasteiger partial charge on any atom is -0.458 e. The molecule has 0 heterocycles. The SMILES string of the molecule is CC(=O)OCC(=O)[C@@]1(O)CC[C@@H]2[C@@H]3CCC4=CC(=O)[C@H](C)C[C@@]4(C)C3=CC[C@@]21C. The number of aliphatic hydroxyl groups is 1. The van der Waals surface area contributed by atoms with Gasteiger partial charge in [-0.2, -0.15) is 0 Å². The maximum atomic E-state index is 12.9. The van der Waals surface area contributed by atoms with Crippen LogP contribution < -0.4 is 0 Å². The van der Waals surface area contributed by atoms with Gasteiger partial charge < -0.3 is 9.84 Å². The lowest BCUT2D eigenvalue weighted by atomic mass is 9.50. The minimum atomic E-state index is -1.46. The standard InChI is InChI=1S/C24H32O5/c1-14-12-22(3)16(11-20(14)26)5-6-17-18(22)7-9-23(4)19(17)8-10-24(23,28)21(27)13-29-15(2)25/h7,11,14,17,19,28H,5-6,8-10,12-13H2,1-4H3/t14-,17-,19-,22-,23+,24+/m1/s1. The molecule has 158 valence electrons. The van der Waals surface area contributed by atoms with Crippen LogP contribution in [0.2, 0.25) is 0 Å². The number of ketones is 2. The third-order valence-electron chi connectivity index (χ3n) is 8.67. The van der Waals surface area contributed by atoms with E-state index in [4.69, 9.17) is 4.74 Å². The summed E-state index contributed by atoms with van der Waals surface area (Å²) in [5.41, 5.74) is 0.577. The number of ether oxygens (including phenoxy) is 1. The van der Waals surface area contributed by atoms with Crippen molar-refractivity contribution < 1.29 is 24.2 Å². The molecule has 4 aliphatic carbocycles. The van der Waals surface area contributed by atoms with Crippen LogP contribution in [-0.2, 0) is 19.1 Å². The van der Waals surface area contributed by atoms with Gasteiger partial charge in [-0.05, 0) is 56.4 Å². The Labute approximate surface area is 172 Å². The second-order valence-corrected chi connectivity index (χ2v) is 10.1. The minimum absolute atomic E-state index is 0.0301. The van der Waals surface area contributed by atoms with Gasteiger partial charge in [-0.15, -0.1) is 0 Å². The number of hydrogen-bond acceptors (Lipinski definition) is 5. The zero-order chi connectivity index (χ0) is 21.2. The number of Topliss-reactive ketones (excluding diaryl/α,β-unsaturated/α-hetero) is 1. The Hall–Kier alpha value is -1.75. The molecule has 2 saturated carbocycles. The molecule has 4 rings (SSSR count). The Morgan fingerprint density at radius 2 is 2.00 bits per heavy atom. The van der Waals surface area contributed by atoms with Crippen LogP contribution in [0.5, 0.6) is 0 Å². The fourth-order valence-corrected chi connectivity index (χ4v) is 6.95. The summed E-state index contributed by atoms with van der Waals surface area (Å²) in [5.74, 6) is -0.0695. The predicted molar refractivity (Wildman–Crippen MR) is 108 cm³/mol. The van der Waals surface area contributed by atoms with Gasteiger partial charge >= 0.3 is 5.97 Å². The van der Waals surface area contributed by atoms with Crippen molar-refractivity contribution in [2.24, 2.45) is 28.6 Å². The molecule has 0 aromatic heterocycles. The van der Waals surface area contributed by atoms with Crippen molar-refractivity contribution in [3.63, 3.8) is 0 Å². The van der Waals surface area contributed by atoms with E-state index in [2.05, 4.69) is 13.0 Å². The molecule has 5 nitrogen and oxygen atoms in total. The molecule has 29 heavy (non-hydrogen) atoms. The monoisotopic (exact) mass is 400 g/mol. The molecule has 4 aliphatic rings. The van der Waals surface area contributed by atoms with Crippen LogP contribution in [0.4, 0.5) is 0 Å². The number of allylic oxidation sites excluding steroid dienone is 4. The molecular weight excluding hydrogens is 368 g/mol. The molecule has 1 N–H and O–H groups in total. The van der Waals surface area contributed by atoms with Gasteiger partial charge in [-0.25, -0.2) is 0 Å². The maximum Gasteiger partial charge on any atom is 0.303 e. The highest BCUT2D eigenvalue weighted by molar-refractivity contribution is 5.94. The zero-order valence-corrected chi connectivity index (χ0v) is 17.9. The molecule has 2 fully saturated rings. The Balaban J connectivity index is 1.67. The molecule has 6 atom stereocenters. The fraction of sp³-hybridized carbons (Fsp3) is 0.708. The molecule has 0 unspecified atom stereocenters. The Kier molecular flexibility index (Phi) is 4.69. The number of hydrogen-bond donors (Lipinski definition) is 1. The lowest BCUT2D eigenvalue weighted by molar-refractivity contribution is -0.162. The van der Waals surface area contributed by atoms with Crippen LogP contribution in [0.3, 0.4) is 0 Å². The summed E-state index contributed by atoms with van der Waals surface area (Å²) in [6.07, 6.45) is 8.70. The molecule has 0 spiro atoms. The molecule has 0 amide bonds. The quantitative estimate of drug-likeness (QED) is 0.579. The highest BCUT2D eigenvalue weighted by atomic mass is 16.5. The zero-order valence-electron chi connectivity index (χ0n) is 17.9. The topological polar surface area (TPSA) is 80.7 Å². The first kappa shape index (κ1) is 20.5. The van der Waals surface area contributed by atoms with Gasteiger partial charge in [0.2, 0.25) is 5.78 Å². The van der Waals surface area contributed by atoms with Crippen molar-refractivity contribution >= 4 is 17.5 Å². The number of fused-ring (bicyclic) bond motifs is 5. The van der Waals surface area contributed by atoms with Gasteiger partial charge in [0.25, 0.3) is 0 Å². The number of rotatable bonds is 3. The van der Waals surface area contributed by atoms with E-state index in [0.717, 1.165) is 25.7 Å². The molecule has 5 heteroatoms. The van der Waals surface area contributed by atoms with Crippen LogP contribution in [0, 0.1) is 28.6 Å². The summed E-state index contributed by atoms with van der Waals surface area (Å²) in [4.78, 5) is 36.3. The van der Waals surface area contributed by atoms with Gasteiger partial charge in [-0.1, -0.05) is 38.0 Å². The average molecular weight is 401 g/mol. The first-order valence-electron chi connectivity index (χ1n) is 10.9. The lowest BCUT2D eigenvalue weighted by Gasteiger charge is -2.55. The lowest BCUT2D eigenvalue weighted by Crippen LogP contribution is -2.55. The van der Waals surface area contributed by atoms with Crippen LogP contribution >= 0.6 is 0 Å². The molecule has 0 radical (unpaired) electrons. The van der Waals surface area contributed by atoms with E-state index < -0.39 is 17.0 Å². The molecule has 0 aliphatic heterocycles. The Morgan fingerprint density at radius 3 is 2.69 bits per heavy atom. The normalized spacial score (nSPS) is 43.5. The van der Waals surface area contributed by atoms with E-state index in [-0.39, 0.29) is 35.4 Å². The van der Waals surface area contributed by atoms with Crippen molar-refractivity contribution in [3.8, 4) is 0 Å². The summed E-state index contributed by atoms with van der Waals surface area (Å²) < 4.78 is 4.92. The molecule has 0 saturated heterocycles. The highest BCUT2D eigenvalue weighted by Gasteiger charge is 2.64. The molecule has 0 aromatic rings. The molecule has 0 aromatic carbocycles. The van der Waals surface area contributed by atoms with Crippen molar-refractivity contribution in [2.75, 3.05) is 6.61 Å². The number of carbonyl (C=O) groups is 3. The van der Waals surface area contributed by atoms with Gasteiger partial charge in [-0.3, -0.25) is 14.4 Å². The first-order chi connectivity index (χ1) is 13.5. The predicted octanol–water partition coefficient (Wildman–Crippen LogP) is 3.55. The van der Waals surface area contributed by atoms with Crippen LogP contribution in [0.25, 0.3) is 0 Å². The van der Waals surface area contributed by atoms with Crippen molar-refractivity contribution in [1.29, 1.82) is 0 Å². The number of carbonyl (C=O) groups excluding carboxylic acids is 3. The van der Waals surface area contributed by atoms with Crippen LogP contribution in [0.1, 0.15) is 66.2 Å².